The van der Waals surface area contributed by atoms with Crippen molar-refractivity contribution in [1.29, 1.82) is 0 Å². The molecule has 114 valence electrons. The van der Waals surface area contributed by atoms with Crippen LogP contribution in [0.2, 0.25) is 0 Å². The number of fused-ring (bicyclic) bond motifs is 1. The lowest BCUT2D eigenvalue weighted by atomic mass is 10.1. The molecular weight excluding hydrogens is 348 g/mol. The van der Waals surface area contributed by atoms with Gasteiger partial charge in [0.2, 0.25) is 0 Å². The van der Waals surface area contributed by atoms with E-state index in [1.54, 1.807) is 18.7 Å². The van der Waals surface area contributed by atoms with Crippen LogP contribution in [-0.2, 0) is 27.1 Å². The molecule has 0 aliphatic carbocycles. The number of imidazole rings is 1. The number of aromatic nitrogens is 4. The Morgan fingerprint density at radius 2 is 1.77 bits per heavy atom. The number of aryl methyl sites for hydroxylation is 3. The monoisotopic (exact) mass is 362 g/mol. The molecule has 0 N–H and O–H groups in total. The largest absolute Gasteiger partial charge is 0.332 e. The van der Waals surface area contributed by atoms with Crippen LogP contribution in [0.5, 0.6) is 0 Å². The molecule has 0 aliphatic rings. The van der Waals surface area contributed by atoms with E-state index in [1.807, 2.05) is 30.3 Å². The summed E-state index contributed by atoms with van der Waals surface area (Å²) in [5.74, 6) is 0. The molecule has 0 atom stereocenters. The minimum atomic E-state index is -0.348. The number of nitrogens with zero attached hydrogens (tertiary/aromatic N) is 4. The molecule has 0 spiro atoms. The fraction of sp³-hybridized carbons (Fsp3) is 0.267. The normalized spacial score (nSPS) is 11.2. The van der Waals surface area contributed by atoms with Crippen molar-refractivity contribution in [3.8, 4) is 0 Å². The van der Waals surface area contributed by atoms with E-state index in [0.717, 1.165) is 5.56 Å². The van der Waals surface area contributed by atoms with Crippen LogP contribution in [0.25, 0.3) is 11.2 Å². The van der Waals surface area contributed by atoms with Gasteiger partial charge in [-0.05, 0) is 27.9 Å². The van der Waals surface area contributed by atoms with Crippen LogP contribution >= 0.6 is 15.9 Å². The van der Waals surface area contributed by atoms with E-state index in [9.17, 15) is 9.59 Å². The summed E-state index contributed by atoms with van der Waals surface area (Å²) in [7, 11) is 3.37. The standard InChI is InChI=1S/C15H15BrN4O2/c1-18-11-12(17-14(18)16)19(2)15(22)20(13(11)21)9-8-10-6-4-3-5-7-10/h3-7H,8-9H2,1-2H3. The van der Waals surface area contributed by atoms with Gasteiger partial charge in [-0.15, -0.1) is 0 Å². The van der Waals surface area contributed by atoms with Crippen molar-refractivity contribution in [2.75, 3.05) is 0 Å². The van der Waals surface area contributed by atoms with Gasteiger partial charge in [0.15, 0.2) is 15.9 Å². The number of benzene rings is 1. The molecule has 0 saturated heterocycles. The molecule has 22 heavy (non-hydrogen) atoms. The second kappa shape index (κ2) is 5.57. The lowest BCUT2D eigenvalue weighted by Crippen LogP contribution is -2.40. The van der Waals surface area contributed by atoms with Crippen molar-refractivity contribution >= 4 is 27.1 Å². The van der Waals surface area contributed by atoms with Gasteiger partial charge in [0.05, 0.1) is 0 Å². The van der Waals surface area contributed by atoms with Gasteiger partial charge in [0.25, 0.3) is 5.56 Å². The summed E-state index contributed by atoms with van der Waals surface area (Å²) in [5, 5.41) is 0. The Kier molecular flexibility index (Phi) is 3.74. The molecule has 0 amide bonds. The van der Waals surface area contributed by atoms with Gasteiger partial charge in [-0.3, -0.25) is 13.9 Å². The second-order valence-corrected chi connectivity index (χ2v) is 5.86. The van der Waals surface area contributed by atoms with Crippen molar-refractivity contribution < 1.29 is 0 Å². The van der Waals surface area contributed by atoms with Gasteiger partial charge in [0, 0.05) is 20.6 Å². The zero-order valence-corrected chi connectivity index (χ0v) is 13.9. The first-order valence-corrected chi connectivity index (χ1v) is 7.65. The Bertz CT molecular complexity index is 954. The van der Waals surface area contributed by atoms with Crippen molar-refractivity contribution in [1.82, 2.24) is 18.7 Å². The highest BCUT2D eigenvalue weighted by atomic mass is 79.9. The third-order valence-electron chi connectivity index (χ3n) is 3.77. The van der Waals surface area contributed by atoms with E-state index in [1.165, 1.54) is 9.13 Å². The zero-order valence-electron chi connectivity index (χ0n) is 12.3. The maximum Gasteiger partial charge on any atom is 0.332 e. The summed E-state index contributed by atoms with van der Waals surface area (Å²) in [6.45, 7) is 0.342. The van der Waals surface area contributed by atoms with Gasteiger partial charge >= 0.3 is 5.69 Å². The highest BCUT2D eigenvalue weighted by molar-refractivity contribution is 9.10. The van der Waals surface area contributed by atoms with Crippen LogP contribution in [0.1, 0.15) is 5.56 Å². The maximum absolute atomic E-state index is 12.6. The van der Waals surface area contributed by atoms with Crippen molar-refractivity contribution in [3.05, 3.63) is 61.5 Å². The molecular formula is C15H15BrN4O2. The Labute approximate surface area is 134 Å². The van der Waals surface area contributed by atoms with Crippen molar-refractivity contribution in [2.24, 2.45) is 14.1 Å². The molecule has 0 bridgehead atoms. The van der Waals surface area contributed by atoms with Crippen LogP contribution in [0.3, 0.4) is 0 Å². The Morgan fingerprint density at radius 3 is 2.45 bits per heavy atom. The summed E-state index contributed by atoms with van der Waals surface area (Å²) in [5.41, 5.74) is 1.24. The van der Waals surface area contributed by atoms with Crippen molar-refractivity contribution in [2.45, 2.75) is 13.0 Å². The van der Waals surface area contributed by atoms with Gasteiger partial charge in [0.1, 0.15) is 0 Å². The van der Waals surface area contributed by atoms with Crippen LogP contribution in [0, 0.1) is 0 Å². The summed E-state index contributed by atoms with van der Waals surface area (Å²) in [6, 6.07) is 9.78. The van der Waals surface area contributed by atoms with E-state index in [0.29, 0.717) is 28.9 Å². The molecule has 1 aromatic carbocycles. The summed E-state index contributed by atoms with van der Waals surface area (Å²) >= 11 is 3.29. The number of halogens is 1. The smallest absolute Gasteiger partial charge is 0.316 e. The second-order valence-electron chi connectivity index (χ2n) is 5.15. The summed E-state index contributed by atoms with van der Waals surface area (Å²) in [4.78, 5) is 29.3. The lowest BCUT2D eigenvalue weighted by molar-refractivity contribution is 0.601. The van der Waals surface area contributed by atoms with E-state index < -0.39 is 0 Å². The predicted molar refractivity (Wildman–Crippen MR) is 88.1 cm³/mol. The van der Waals surface area contributed by atoms with E-state index >= 15 is 0 Å². The van der Waals surface area contributed by atoms with E-state index in [4.69, 9.17) is 0 Å². The number of hydrogen-bond donors (Lipinski definition) is 0. The molecule has 0 unspecified atom stereocenters. The molecule has 2 heterocycles. The molecule has 0 saturated carbocycles. The highest BCUT2D eigenvalue weighted by Crippen LogP contribution is 2.13. The van der Waals surface area contributed by atoms with E-state index in [-0.39, 0.29) is 11.2 Å². The molecule has 7 heteroatoms. The molecule has 3 aromatic rings. The summed E-state index contributed by atoms with van der Waals surface area (Å²) in [6.07, 6.45) is 0.626. The fourth-order valence-electron chi connectivity index (χ4n) is 2.50. The first-order chi connectivity index (χ1) is 10.5. The molecule has 2 aromatic heterocycles. The average Bonchev–Trinajstić information content (AvgIpc) is 2.82. The van der Waals surface area contributed by atoms with Crippen molar-refractivity contribution in [3.63, 3.8) is 0 Å². The molecule has 0 fully saturated rings. The van der Waals surface area contributed by atoms with Gasteiger partial charge < -0.3 is 4.57 Å². The number of rotatable bonds is 3. The maximum atomic E-state index is 12.6. The van der Waals surface area contributed by atoms with Crippen LogP contribution in [0.4, 0.5) is 0 Å². The Hall–Kier alpha value is -2.15. The zero-order chi connectivity index (χ0) is 15.9. The van der Waals surface area contributed by atoms with Crippen LogP contribution in [0.15, 0.2) is 44.7 Å². The Balaban J connectivity index is 2.12. The van der Waals surface area contributed by atoms with E-state index in [2.05, 4.69) is 20.9 Å². The van der Waals surface area contributed by atoms with Crippen LogP contribution < -0.4 is 11.2 Å². The lowest BCUT2D eigenvalue weighted by Gasteiger charge is -2.08. The quantitative estimate of drug-likeness (QED) is 0.662. The van der Waals surface area contributed by atoms with Crippen LogP contribution in [-0.4, -0.2) is 18.7 Å². The predicted octanol–water partition coefficient (Wildman–Crippen LogP) is 1.44. The average molecular weight is 363 g/mol. The Morgan fingerprint density at radius 1 is 1.09 bits per heavy atom. The third kappa shape index (κ3) is 2.31. The molecule has 0 radical (unpaired) electrons. The number of hydrogen-bond acceptors (Lipinski definition) is 3. The SMILES string of the molecule is Cn1c(Br)nc2c1c(=O)n(CCc1ccccc1)c(=O)n2C. The molecule has 6 nitrogen and oxygen atoms in total. The first-order valence-electron chi connectivity index (χ1n) is 6.86. The topological polar surface area (TPSA) is 61.8 Å². The van der Waals surface area contributed by atoms with Gasteiger partial charge in [-0.25, -0.2) is 9.78 Å². The fourth-order valence-corrected chi connectivity index (χ4v) is 2.84. The van der Waals surface area contributed by atoms with Gasteiger partial charge in [-0.1, -0.05) is 30.3 Å². The first kappa shape index (κ1) is 14.8. The highest BCUT2D eigenvalue weighted by Gasteiger charge is 2.17. The minimum absolute atomic E-state index is 0.310. The molecule has 0 aliphatic heterocycles. The summed E-state index contributed by atoms with van der Waals surface area (Å²) < 4.78 is 4.85. The minimum Gasteiger partial charge on any atom is -0.316 e. The third-order valence-corrected chi connectivity index (χ3v) is 4.48. The molecule has 3 rings (SSSR count). The van der Waals surface area contributed by atoms with Gasteiger partial charge in [-0.2, -0.15) is 0 Å².